The van der Waals surface area contributed by atoms with Crippen molar-refractivity contribution in [1.82, 2.24) is 0 Å². The number of benzene rings is 1. The Bertz CT molecular complexity index is 753. The molecule has 2 rings (SSSR count). The van der Waals surface area contributed by atoms with Gasteiger partial charge in [0.05, 0.1) is 0 Å². The fraction of sp³-hybridized carbons (Fsp3) is 0.435. The Morgan fingerprint density at radius 2 is 1.85 bits per heavy atom. The fourth-order valence-electron chi connectivity index (χ4n) is 2.93. The molecule has 0 saturated heterocycles. The summed E-state index contributed by atoms with van der Waals surface area (Å²) < 4.78 is 5.52. The number of carbonyl (C=O) groups excluding carboxylic acids is 1. The molecule has 0 amide bonds. The summed E-state index contributed by atoms with van der Waals surface area (Å²) >= 11 is 0. The van der Waals surface area contributed by atoms with Gasteiger partial charge in [0.25, 0.3) is 0 Å². The van der Waals surface area contributed by atoms with E-state index in [0.29, 0.717) is 0 Å². The zero-order valence-corrected chi connectivity index (χ0v) is 17.7. The van der Waals surface area contributed by atoms with Crippen LogP contribution in [0.2, 0.25) is 13.1 Å². The molecule has 0 aliphatic heterocycles. The van der Waals surface area contributed by atoms with E-state index in [4.69, 9.17) is 4.74 Å². The smallest absolute Gasteiger partial charge is 0.331 e. The summed E-state index contributed by atoms with van der Waals surface area (Å²) in [6.45, 7) is 10.1. The Morgan fingerprint density at radius 1 is 1.15 bits per heavy atom. The first-order chi connectivity index (χ1) is 12.2. The number of hydrogen-bond donors (Lipinski definition) is 0. The molecule has 1 aromatic carbocycles. The van der Waals surface area contributed by atoms with Gasteiger partial charge in [-0.3, -0.25) is 0 Å². The molecule has 1 aliphatic carbocycles. The molecule has 0 atom stereocenters. The highest BCUT2D eigenvalue weighted by atomic mass is 28.3. The second-order valence-electron chi connectivity index (χ2n) is 8.31. The minimum absolute atomic E-state index is 0.309. The molecular weight excluding hydrogens is 336 g/mol. The zero-order chi connectivity index (χ0) is 19.2. The predicted molar refractivity (Wildman–Crippen MR) is 112 cm³/mol. The molecule has 138 valence electrons. The second kappa shape index (κ2) is 8.55. The zero-order valence-electron chi connectivity index (χ0n) is 16.7. The lowest BCUT2D eigenvalue weighted by molar-refractivity contribution is -0.148. The van der Waals surface area contributed by atoms with Gasteiger partial charge in [0.1, 0.15) is 13.7 Å². The monoisotopic (exact) mass is 366 g/mol. The van der Waals surface area contributed by atoms with E-state index < -0.39 is 13.7 Å². The molecule has 2 nitrogen and oxygen atoms in total. The van der Waals surface area contributed by atoms with Gasteiger partial charge >= 0.3 is 5.97 Å². The molecule has 0 N–H and O–H groups in total. The van der Waals surface area contributed by atoms with E-state index in [1.54, 1.807) is 6.08 Å². The normalized spacial score (nSPS) is 15.6. The summed E-state index contributed by atoms with van der Waals surface area (Å²) in [6, 6.07) is 10.4. The Balaban J connectivity index is 2.40. The van der Waals surface area contributed by atoms with Gasteiger partial charge in [-0.25, -0.2) is 4.79 Å². The molecular formula is C23H30O2Si. The summed E-state index contributed by atoms with van der Waals surface area (Å²) in [4.78, 5) is 12.4. The van der Waals surface area contributed by atoms with Gasteiger partial charge in [-0.1, -0.05) is 66.5 Å². The first-order valence-corrected chi connectivity index (χ1v) is 12.4. The van der Waals surface area contributed by atoms with Crippen molar-refractivity contribution in [3.63, 3.8) is 0 Å². The van der Waals surface area contributed by atoms with E-state index in [0.717, 1.165) is 18.0 Å². The van der Waals surface area contributed by atoms with Gasteiger partial charge in [0.15, 0.2) is 0 Å². The summed E-state index contributed by atoms with van der Waals surface area (Å²) in [5, 5.41) is 2.19. The largest absolute Gasteiger partial charge is 0.457 e. The molecule has 1 aromatic rings. The Labute approximate surface area is 159 Å². The van der Waals surface area contributed by atoms with Crippen LogP contribution in [-0.2, 0) is 9.53 Å². The average Bonchev–Trinajstić information content (AvgIpc) is 2.58. The van der Waals surface area contributed by atoms with Crippen molar-refractivity contribution in [3.8, 4) is 11.8 Å². The van der Waals surface area contributed by atoms with Crippen LogP contribution in [0.5, 0.6) is 0 Å². The van der Waals surface area contributed by atoms with Crippen LogP contribution in [0.1, 0.15) is 46.5 Å². The molecule has 26 heavy (non-hydrogen) atoms. The van der Waals surface area contributed by atoms with E-state index >= 15 is 0 Å². The maximum absolute atomic E-state index is 12.4. The summed E-state index contributed by atoms with van der Waals surface area (Å²) in [7, 11) is -2.07. The van der Waals surface area contributed by atoms with E-state index in [1.165, 1.54) is 23.6 Å². The first-order valence-electron chi connectivity index (χ1n) is 9.40. The number of hydrogen-bond acceptors (Lipinski definition) is 2. The maximum atomic E-state index is 12.4. The highest BCUT2D eigenvalue weighted by molar-refractivity contribution is 6.96. The van der Waals surface area contributed by atoms with Gasteiger partial charge in [-0.05, 0) is 52.0 Å². The molecule has 0 aromatic heterocycles. The third-order valence-corrected chi connectivity index (χ3v) is 7.88. The van der Waals surface area contributed by atoms with Crippen LogP contribution in [0.3, 0.4) is 0 Å². The quantitative estimate of drug-likeness (QED) is 0.329. The summed E-state index contributed by atoms with van der Waals surface area (Å²) in [6.07, 6.45) is 8.45. The second-order valence-corrected chi connectivity index (χ2v) is 12.7. The van der Waals surface area contributed by atoms with Crippen LogP contribution in [0, 0.1) is 11.8 Å². The molecule has 0 radical (unpaired) electrons. The lowest BCUT2D eigenvalue weighted by atomic mass is 10.0. The number of ether oxygens (including phenoxy) is 1. The predicted octanol–water partition coefficient (Wildman–Crippen LogP) is 4.91. The number of esters is 1. The van der Waals surface area contributed by atoms with Crippen LogP contribution in [0.25, 0.3) is 0 Å². The lowest BCUT2D eigenvalue weighted by Crippen LogP contribution is -2.43. The molecule has 0 saturated carbocycles. The van der Waals surface area contributed by atoms with E-state index in [2.05, 4.69) is 43.1 Å². The van der Waals surface area contributed by atoms with Crippen molar-refractivity contribution >= 4 is 19.2 Å². The van der Waals surface area contributed by atoms with E-state index in [1.807, 2.05) is 39.0 Å². The average molecular weight is 367 g/mol. The highest BCUT2D eigenvalue weighted by Crippen LogP contribution is 2.19. The number of allylic oxidation sites excluding steroid dienone is 3. The number of carbonyl (C=O) groups is 1. The van der Waals surface area contributed by atoms with Gasteiger partial charge in [0.2, 0.25) is 0 Å². The van der Waals surface area contributed by atoms with Crippen LogP contribution in [-0.4, -0.2) is 19.6 Å². The first kappa shape index (κ1) is 20.3. The SMILES string of the molecule is CC(C)(C)OC(=O)/C=C(/C#CC1=CCCCC1)[Si](C)(C)c1ccccc1. The highest BCUT2D eigenvalue weighted by Gasteiger charge is 2.29. The van der Waals surface area contributed by atoms with Crippen molar-refractivity contribution in [2.45, 2.75) is 65.1 Å². The van der Waals surface area contributed by atoms with Crippen molar-refractivity contribution in [1.29, 1.82) is 0 Å². The number of rotatable bonds is 3. The maximum Gasteiger partial charge on any atom is 0.331 e. The Morgan fingerprint density at radius 3 is 2.42 bits per heavy atom. The molecule has 0 fully saturated rings. The Hall–Kier alpha value is -2.05. The Kier molecular flexibility index (Phi) is 6.67. The molecule has 1 aliphatic rings. The van der Waals surface area contributed by atoms with Gasteiger partial charge < -0.3 is 4.74 Å². The third-order valence-electron chi connectivity index (χ3n) is 4.49. The van der Waals surface area contributed by atoms with Gasteiger partial charge in [-0.2, -0.15) is 0 Å². The summed E-state index contributed by atoms with van der Waals surface area (Å²) in [5.74, 6) is 6.37. The van der Waals surface area contributed by atoms with E-state index in [-0.39, 0.29) is 5.97 Å². The van der Waals surface area contributed by atoms with Crippen LogP contribution >= 0.6 is 0 Å². The topological polar surface area (TPSA) is 26.3 Å². The minimum Gasteiger partial charge on any atom is -0.457 e. The van der Waals surface area contributed by atoms with Crippen molar-refractivity contribution < 1.29 is 9.53 Å². The van der Waals surface area contributed by atoms with Crippen LogP contribution < -0.4 is 5.19 Å². The van der Waals surface area contributed by atoms with Gasteiger partial charge in [0, 0.05) is 11.3 Å². The molecule has 0 bridgehead atoms. The third kappa shape index (κ3) is 6.03. The van der Waals surface area contributed by atoms with Crippen molar-refractivity contribution in [2.75, 3.05) is 0 Å². The van der Waals surface area contributed by atoms with E-state index in [9.17, 15) is 4.79 Å². The molecule has 0 heterocycles. The summed E-state index contributed by atoms with van der Waals surface area (Å²) in [5.41, 5.74) is 0.695. The van der Waals surface area contributed by atoms with Gasteiger partial charge in [-0.15, -0.1) is 0 Å². The molecule has 0 unspecified atom stereocenters. The molecule has 3 heteroatoms. The van der Waals surface area contributed by atoms with Crippen LogP contribution in [0.4, 0.5) is 0 Å². The van der Waals surface area contributed by atoms with Crippen molar-refractivity contribution in [3.05, 3.63) is 53.3 Å². The lowest BCUT2D eigenvalue weighted by Gasteiger charge is -2.24. The van der Waals surface area contributed by atoms with Crippen LogP contribution in [0.15, 0.2) is 53.3 Å². The minimum atomic E-state index is -2.07. The van der Waals surface area contributed by atoms with Crippen molar-refractivity contribution in [2.24, 2.45) is 0 Å². The fourth-order valence-corrected chi connectivity index (χ4v) is 5.12. The molecule has 0 spiro atoms. The standard InChI is InChI=1S/C23H30O2Si/c1-23(2,3)25-22(24)18-21(17-16-19-12-8-6-9-13-19)26(4,5)20-14-10-7-11-15-20/h7,10-12,14-15,18H,6,8-9,13H2,1-5H3/b21-18-.